The fourth-order valence-corrected chi connectivity index (χ4v) is 2.06. The van der Waals surface area contributed by atoms with Gasteiger partial charge in [-0.25, -0.2) is 0 Å². The quantitative estimate of drug-likeness (QED) is 0.876. The van der Waals surface area contributed by atoms with Crippen molar-refractivity contribution in [1.82, 2.24) is 4.98 Å². The normalized spacial score (nSPS) is 10.2. The van der Waals surface area contributed by atoms with E-state index in [1.165, 1.54) is 6.07 Å². The molecule has 0 fully saturated rings. The Labute approximate surface area is 122 Å². The van der Waals surface area contributed by atoms with Gasteiger partial charge in [-0.05, 0) is 40.2 Å². The number of halogens is 3. The summed E-state index contributed by atoms with van der Waals surface area (Å²) in [4.78, 5) is 16.0. The lowest BCUT2D eigenvalue weighted by Gasteiger charge is -2.08. The first kappa shape index (κ1) is 13.3. The number of amides is 1. The summed E-state index contributed by atoms with van der Waals surface area (Å²) in [6, 6.07) is 6.41. The molecule has 0 unspecified atom stereocenters. The molecule has 1 heterocycles. The molecule has 3 nitrogen and oxygen atoms in total. The Bertz CT molecular complexity index is 604. The van der Waals surface area contributed by atoms with E-state index < -0.39 is 0 Å². The van der Waals surface area contributed by atoms with Crippen LogP contribution in [0.3, 0.4) is 0 Å². The van der Waals surface area contributed by atoms with Crippen LogP contribution in [0, 0.1) is 0 Å². The summed E-state index contributed by atoms with van der Waals surface area (Å²) in [6.07, 6.45) is 3.18. The monoisotopic (exact) mass is 344 g/mol. The predicted molar refractivity (Wildman–Crippen MR) is 76.4 cm³/mol. The summed E-state index contributed by atoms with van der Waals surface area (Å²) in [6.45, 7) is 0. The fourth-order valence-electron chi connectivity index (χ4n) is 1.34. The summed E-state index contributed by atoms with van der Waals surface area (Å²) in [5.41, 5.74) is 0.943. The molecule has 0 bridgehead atoms. The number of rotatable bonds is 2. The molecule has 2 aromatic rings. The van der Waals surface area contributed by atoms with Crippen molar-refractivity contribution in [3.63, 3.8) is 0 Å². The van der Waals surface area contributed by atoms with Crippen molar-refractivity contribution in [3.05, 3.63) is 56.7 Å². The maximum absolute atomic E-state index is 12.0. The van der Waals surface area contributed by atoms with E-state index in [1.54, 1.807) is 30.6 Å². The van der Waals surface area contributed by atoms with Gasteiger partial charge in [-0.2, -0.15) is 0 Å². The number of hydrogen-bond acceptors (Lipinski definition) is 2. The van der Waals surface area contributed by atoms with Crippen molar-refractivity contribution >= 4 is 50.7 Å². The summed E-state index contributed by atoms with van der Waals surface area (Å²) in [5.74, 6) is -0.325. The van der Waals surface area contributed by atoms with Gasteiger partial charge in [-0.1, -0.05) is 23.2 Å². The minimum absolute atomic E-state index is 0.325. The molecule has 6 heteroatoms. The highest BCUT2D eigenvalue weighted by Crippen LogP contribution is 2.24. The van der Waals surface area contributed by atoms with Gasteiger partial charge in [0.2, 0.25) is 0 Å². The van der Waals surface area contributed by atoms with Crippen molar-refractivity contribution in [2.75, 3.05) is 5.32 Å². The van der Waals surface area contributed by atoms with Gasteiger partial charge in [0.05, 0.1) is 20.7 Å². The minimum Gasteiger partial charge on any atom is -0.321 e. The molecule has 0 aliphatic carbocycles. The molecule has 92 valence electrons. The van der Waals surface area contributed by atoms with Crippen LogP contribution in [0.2, 0.25) is 10.0 Å². The Morgan fingerprint density at radius 2 is 2.06 bits per heavy atom. The molecule has 1 aromatic heterocycles. The molecule has 0 radical (unpaired) electrons. The molecule has 1 aromatic carbocycles. The topological polar surface area (TPSA) is 42.0 Å². The predicted octanol–water partition coefficient (Wildman–Crippen LogP) is 4.40. The first-order valence-corrected chi connectivity index (χ1v) is 6.49. The second kappa shape index (κ2) is 5.69. The number of anilines is 1. The number of aromatic nitrogens is 1. The molecule has 0 aliphatic rings. The Morgan fingerprint density at radius 1 is 1.28 bits per heavy atom. The standard InChI is InChI=1S/C12H7BrCl2N2O/c13-9-6-16-4-3-11(9)17-12(18)8-5-7(14)1-2-10(8)15/h1-6H,(H,16,17,18). The lowest BCUT2D eigenvalue weighted by molar-refractivity contribution is 0.102. The molecule has 18 heavy (non-hydrogen) atoms. The number of benzene rings is 1. The van der Waals surface area contributed by atoms with Gasteiger partial charge in [-0.15, -0.1) is 0 Å². The first-order chi connectivity index (χ1) is 8.58. The summed E-state index contributed by atoms with van der Waals surface area (Å²) >= 11 is 15.1. The third-order valence-electron chi connectivity index (χ3n) is 2.19. The van der Waals surface area contributed by atoms with Crippen LogP contribution in [0.1, 0.15) is 10.4 Å². The van der Waals surface area contributed by atoms with E-state index in [2.05, 4.69) is 26.2 Å². The van der Waals surface area contributed by atoms with E-state index in [0.29, 0.717) is 25.8 Å². The highest BCUT2D eigenvalue weighted by atomic mass is 79.9. The van der Waals surface area contributed by atoms with Gasteiger partial charge in [-0.3, -0.25) is 9.78 Å². The Hall–Kier alpha value is -1.10. The van der Waals surface area contributed by atoms with Gasteiger partial charge < -0.3 is 5.32 Å². The molecule has 0 spiro atoms. The number of nitrogens with one attached hydrogen (secondary N) is 1. The zero-order chi connectivity index (χ0) is 13.1. The summed E-state index contributed by atoms with van der Waals surface area (Å²) in [5, 5.41) is 3.53. The van der Waals surface area contributed by atoms with E-state index in [0.717, 1.165) is 0 Å². The SMILES string of the molecule is O=C(Nc1ccncc1Br)c1cc(Cl)ccc1Cl. The average molecular weight is 346 g/mol. The molecule has 2 rings (SSSR count). The van der Waals surface area contributed by atoms with Crippen LogP contribution in [0.4, 0.5) is 5.69 Å². The van der Waals surface area contributed by atoms with Crippen LogP contribution in [0.5, 0.6) is 0 Å². The third kappa shape index (κ3) is 3.02. The highest BCUT2D eigenvalue weighted by Gasteiger charge is 2.12. The minimum atomic E-state index is -0.325. The summed E-state index contributed by atoms with van der Waals surface area (Å²) in [7, 11) is 0. The lowest BCUT2D eigenvalue weighted by atomic mass is 10.2. The Kier molecular flexibility index (Phi) is 4.22. The van der Waals surface area contributed by atoms with Gasteiger partial charge in [0.15, 0.2) is 0 Å². The van der Waals surface area contributed by atoms with Crippen molar-refractivity contribution in [1.29, 1.82) is 0 Å². The molecule has 0 atom stereocenters. The third-order valence-corrected chi connectivity index (χ3v) is 3.39. The zero-order valence-electron chi connectivity index (χ0n) is 8.95. The fraction of sp³-hybridized carbons (Fsp3) is 0. The van der Waals surface area contributed by atoms with Gasteiger partial charge in [0, 0.05) is 17.4 Å². The number of carbonyl (C=O) groups excluding carboxylic acids is 1. The highest BCUT2D eigenvalue weighted by molar-refractivity contribution is 9.10. The second-order valence-electron chi connectivity index (χ2n) is 3.43. The number of carbonyl (C=O) groups is 1. The molecular weight excluding hydrogens is 339 g/mol. The molecule has 1 N–H and O–H groups in total. The average Bonchev–Trinajstić information content (AvgIpc) is 2.35. The van der Waals surface area contributed by atoms with E-state index in [1.807, 2.05) is 0 Å². The van der Waals surface area contributed by atoms with Crippen molar-refractivity contribution in [3.8, 4) is 0 Å². The smallest absolute Gasteiger partial charge is 0.257 e. The van der Waals surface area contributed by atoms with Crippen LogP contribution in [0.25, 0.3) is 0 Å². The molecule has 0 aliphatic heterocycles. The van der Waals surface area contributed by atoms with Gasteiger partial charge in [0.1, 0.15) is 0 Å². The van der Waals surface area contributed by atoms with E-state index in [-0.39, 0.29) is 5.91 Å². The maximum atomic E-state index is 12.0. The molecular formula is C12H7BrCl2N2O. The van der Waals surface area contributed by atoms with Crippen LogP contribution in [0.15, 0.2) is 41.1 Å². The largest absolute Gasteiger partial charge is 0.321 e. The van der Waals surface area contributed by atoms with E-state index in [4.69, 9.17) is 23.2 Å². The second-order valence-corrected chi connectivity index (χ2v) is 5.13. The summed E-state index contributed by atoms with van der Waals surface area (Å²) < 4.78 is 0.691. The number of pyridine rings is 1. The Balaban J connectivity index is 2.28. The number of hydrogen-bond donors (Lipinski definition) is 1. The van der Waals surface area contributed by atoms with Crippen molar-refractivity contribution in [2.24, 2.45) is 0 Å². The van der Waals surface area contributed by atoms with Gasteiger partial charge >= 0.3 is 0 Å². The Morgan fingerprint density at radius 3 is 2.78 bits per heavy atom. The van der Waals surface area contributed by atoms with E-state index >= 15 is 0 Å². The van der Waals surface area contributed by atoms with Crippen LogP contribution >= 0.6 is 39.1 Å². The van der Waals surface area contributed by atoms with Crippen LogP contribution in [-0.4, -0.2) is 10.9 Å². The van der Waals surface area contributed by atoms with E-state index in [9.17, 15) is 4.79 Å². The van der Waals surface area contributed by atoms with Crippen molar-refractivity contribution < 1.29 is 4.79 Å². The molecule has 0 saturated heterocycles. The van der Waals surface area contributed by atoms with Gasteiger partial charge in [0.25, 0.3) is 5.91 Å². The zero-order valence-corrected chi connectivity index (χ0v) is 12.1. The molecule has 0 saturated carbocycles. The number of nitrogens with zero attached hydrogens (tertiary/aromatic N) is 1. The van der Waals surface area contributed by atoms with Crippen LogP contribution in [-0.2, 0) is 0 Å². The molecule has 1 amide bonds. The lowest BCUT2D eigenvalue weighted by Crippen LogP contribution is -2.12. The van der Waals surface area contributed by atoms with Crippen LogP contribution < -0.4 is 5.32 Å². The maximum Gasteiger partial charge on any atom is 0.257 e. The first-order valence-electron chi connectivity index (χ1n) is 4.94. The van der Waals surface area contributed by atoms with Crippen molar-refractivity contribution in [2.45, 2.75) is 0 Å².